The largest absolute Gasteiger partial charge is 0.383 e. The number of fused-ring (bicyclic) bond motifs is 1. The normalized spacial score (nSPS) is 14.7. The Hall–Kier alpha value is -3.19. The number of hydrogen-bond donors (Lipinski definition) is 2. The minimum absolute atomic E-state index is 0.106. The van der Waals surface area contributed by atoms with Crippen molar-refractivity contribution < 1.29 is 13.9 Å². The fourth-order valence-electron chi connectivity index (χ4n) is 3.88. The van der Waals surface area contributed by atoms with Crippen LogP contribution in [-0.2, 0) is 22.7 Å². The minimum atomic E-state index is -0.255. The molecule has 3 N–H and O–H groups in total. The molecule has 6 nitrogen and oxygen atoms in total. The number of ether oxygens (including phenoxy) is 1. The maximum Gasteiger partial charge on any atom is 0.219 e. The summed E-state index contributed by atoms with van der Waals surface area (Å²) in [6.45, 7) is 3.78. The number of nitrogens with one attached hydrogen (secondary N) is 1. The second-order valence-corrected chi connectivity index (χ2v) is 7.93. The van der Waals surface area contributed by atoms with Crippen molar-refractivity contribution in [1.29, 1.82) is 0 Å². The second-order valence-electron chi connectivity index (χ2n) is 7.93. The first-order chi connectivity index (χ1) is 15.0. The van der Waals surface area contributed by atoms with E-state index in [4.69, 9.17) is 10.5 Å². The van der Waals surface area contributed by atoms with Crippen LogP contribution in [0.2, 0.25) is 0 Å². The highest BCUT2D eigenvalue weighted by molar-refractivity contribution is 5.92. The van der Waals surface area contributed by atoms with Crippen LogP contribution >= 0.6 is 0 Å². The molecule has 0 spiro atoms. The number of halogens is 1. The Bertz CT molecular complexity index is 1080. The Labute approximate surface area is 181 Å². The van der Waals surface area contributed by atoms with Crippen LogP contribution in [-0.4, -0.2) is 35.0 Å². The Kier molecular flexibility index (Phi) is 6.32. The zero-order chi connectivity index (χ0) is 21.8. The van der Waals surface area contributed by atoms with E-state index in [0.717, 1.165) is 48.0 Å². The van der Waals surface area contributed by atoms with E-state index in [1.54, 1.807) is 19.2 Å². The van der Waals surface area contributed by atoms with E-state index in [9.17, 15) is 9.18 Å². The number of benzene rings is 2. The third-order valence-corrected chi connectivity index (χ3v) is 5.77. The van der Waals surface area contributed by atoms with Gasteiger partial charge in [0.05, 0.1) is 12.7 Å². The van der Waals surface area contributed by atoms with Crippen LogP contribution in [0.15, 0.2) is 48.7 Å². The molecule has 2 heterocycles. The number of amides is 1. The number of carbonyl (C=O) groups excluding carboxylic acids is 1. The number of aromatic nitrogens is 1. The molecule has 1 aliphatic rings. The molecule has 1 aliphatic heterocycles. The van der Waals surface area contributed by atoms with Gasteiger partial charge in [-0.2, -0.15) is 0 Å². The summed E-state index contributed by atoms with van der Waals surface area (Å²) in [5.41, 5.74) is 8.18. The smallest absolute Gasteiger partial charge is 0.219 e. The van der Waals surface area contributed by atoms with Crippen molar-refractivity contribution in [2.75, 3.05) is 24.1 Å². The number of piperidine rings is 1. The molecule has 0 atom stereocenters. The molecule has 2 aromatic carbocycles. The molecule has 1 saturated heterocycles. The lowest BCUT2D eigenvalue weighted by molar-refractivity contribution is -0.131. The Morgan fingerprint density at radius 2 is 2.03 bits per heavy atom. The van der Waals surface area contributed by atoms with E-state index in [-0.39, 0.29) is 17.8 Å². The van der Waals surface area contributed by atoms with Crippen LogP contribution in [0, 0.1) is 5.82 Å². The molecule has 0 saturated carbocycles. The van der Waals surface area contributed by atoms with Crippen molar-refractivity contribution in [1.82, 2.24) is 9.88 Å². The number of rotatable bonds is 6. The zero-order valence-electron chi connectivity index (χ0n) is 17.6. The third-order valence-electron chi connectivity index (χ3n) is 5.77. The van der Waals surface area contributed by atoms with Gasteiger partial charge in [-0.3, -0.25) is 4.79 Å². The molecular weight excluding hydrogens is 395 g/mol. The third kappa shape index (κ3) is 5.11. The van der Waals surface area contributed by atoms with Gasteiger partial charge < -0.3 is 20.7 Å². The SMILES string of the molecule is CC(=O)N1CCC(OCc2ccc(CNc3ccc4c(N)nccc4c3)c(F)c2)CC1. The minimum Gasteiger partial charge on any atom is -0.383 e. The fourth-order valence-corrected chi connectivity index (χ4v) is 3.88. The highest BCUT2D eigenvalue weighted by Crippen LogP contribution is 2.23. The van der Waals surface area contributed by atoms with Gasteiger partial charge in [0.2, 0.25) is 5.91 Å². The standard InChI is InChI=1S/C24H27FN4O2/c1-16(30)29-10-7-21(8-11-29)31-15-17-2-3-19(23(25)12-17)14-28-20-4-5-22-18(13-20)6-9-27-24(22)26/h2-6,9,12-13,21,28H,7-8,10-11,14-15H2,1H3,(H2,26,27). The van der Waals surface area contributed by atoms with Crippen molar-refractivity contribution in [2.45, 2.75) is 39.0 Å². The summed E-state index contributed by atoms with van der Waals surface area (Å²) in [5, 5.41) is 5.15. The fraction of sp³-hybridized carbons (Fsp3) is 0.333. The zero-order valence-corrected chi connectivity index (χ0v) is 17.6. The lowest BCUT2D eigenvalue weighted by Gasteiger charge is -2.31. The van der Waals surface area contributed by atoms with Gasteiger partial charge >= 0.3 is 0 Å². The van der Waals surface area contributed by atoms with Crippen LogP contribution in [0.3, 0.4) is 0 Å². The van der Waals surface area contributed by atoms with Crippen LogP contribution in [0.5, 0.6) is 0 Å². The lowest BCUT2D eigenvalue weighted by atomic mass is 10.1. The van der Waals surface area contributed by atoms with Crippen LogP contribution in [0.4, 0.5) is 15.9 Å². The van der Waals surface area contributed by atoms with E-state index >= 15 is 0 Å². The van der Waals surface area contributed by atoms with Crippen molar-refractivity contribution in [3.63, 3.8) is 0 Å². The molecule has 162 valence electrons. The number of nitrogen functional groups attached to an aromatic ring is 1. The summed E-state index contributed by atoms with van der Waals surface area (Å²) in [7, 11) is 0. The van der Waals surface area contributed by atoms with Crippen LogP contribution in [0.1, 0.15) is 30.9 Å². The molecule has 0 radical (unpaired) electrons. The van der Waals surface area contributed by atoms with E-state index < -0.39 is 0 Å². The molecule has 3 aromatic rings. The number of pyridine rings is 1. The van der Waals surface area contributed by atoms with Gasteiger partial charge in [-0.15, -0.1) is 0 Å². The summed E-state index contributed by atoms with van der Waals surface area (Å²) in [4.78, 5) is 17.3. The Morgan fingerprint density at radius 3 is 2.77 bits per heavy atom. The predicted molar refractivity (Wildman–Crippen MR) is 120 cm³/mol. The molecule has 7 heteroatoms. The van der Waals surface area contributed by atoms with E-state index in [0.29, 0.717) is 24.5 Å². The summed E-state index contributed by atoms with van der Waals surface area (Å²) < 4.78 is 20.5. The summed E-state index contributed by atoms with van der Waals surface area (Å²) in [6.07, 6.45) is 3.42. The number of nitrogens with two attached hydrogens (primary N) is 1. The molecule has 0 aliphatic carbocycles. The maximum absolute atomic E-state index is 14.6. The number of hydrogen-bond acceptors (Lipinski definition) is 5. The first kappa shape index (κ1) is 21.1. The Balaban J connectivity index is 1.31. The van der Waals surface area contributed by atoms with Crippen molar-refractivity contribution in [3.8, 4) is 0 Å². The van der Waals surface area contributed by atoms with E-state index in [1.807, 2.05) is 35.2 Å². The number of nitrogens with zero attached hydrogens (tertiary/aromatic N) is 2. The van der Waals surface area contributed by atoms with Crippen LogP contribution < -0.4 is 11.1 Å². The van der Waals surface area contributed by atoms with E-state index in [2.05, 4.69) is 10.3 Å². The molecular formula is C24H27FN4O2. The second kappa shape index (κ2) is 9.31. The molecule has 1 amide bonds. The average Bonchev–Trinajstić information content (AvgIpc) is 2.77. The summed E-state index contributed by atoms with van der Waals surface area (Å²) >= 11 is 0. The molecule has 0 bridgehead atoms. The predicted octanol–water partition coefficient (Wildman–Crippen LogP) is 4.10. The lowest BCUT2D eigenvalue weighted by Crippen LogP contribution is -2.39. The monoisotopic (exact) mass is 422 g/mol. The summed E-state index contributed by atoms with van der Waals surface area (Å²) in [6, 6.07) is 12.9. The van der Waals surface area contributed by atoms with Gasteiger partial charge in [-0.25, -0.2) is 9.37 Å². The molecule has 0 unspecified atom stereocenters. The topological polar surface area (TPSA) is 80.5 Å². The number of anilines is 2. The summed E-state index contributed by atoms with van der Waals surface area (Å²) in [5.74, 6) is 0.348. The van der Waals surface area contributed by atoms with Gasteiger partial charge in [0.1, 0.15) is 11.6 Å². The van der Waals surface area contributed by atoms with Crippen molar-refractivity contribution >= 4 is 28.2 Å². The average molecular weight is 423 g/mol. The van der Waals surface area contributed by atoms with Gasteiger partial charge in [-0.05, 0) is 54.1 Å². The quantitative estimate of drug-likeness (QED) is 0.625. The molecule has 31 heavy (non-hydrogen) atoms. The molecule has 4 rings (SSSR count). The van der Waals surface area contributed by atoms with Crippen LogP contribution in [0.25, 0.3) is 10.8 Å². The first-order valence-corrected chi connectivity index (χ1v) is 10.5. The highest BCUT2D eigenvalue weighted by Gasteiger charge is 2.21. The van der Waals surface area contributed by atoms with E-state index in [1.165, 1.54) is 6.07 Å². The van der Waals surface area contributed by atoms with Gasteiger partial charge in [-0.1, -0.05) is 12.1 Å². The van der Waals surface area contributed by atoms with Gasteiger partial charge in [0.25, 0.3) is 0 Å². The molecule has 1 fully saturated rings. The first-order valence-electron chi connectivity index (χ1n) is 10.5. The Morgan fingerprint density at radius 1 is 1.23 bits per heavy atom. The molecule has 1 aromatic heterocycles. The number of likely N-dealkylation sites (tertiary alicyclic amines) is 1. The highest BCUT2D eigenvalue weighted by atomic mass is 19.1. The maximum atomic E-state index is 14.6. The van der Waals surface area contributed by atoms with Gasteiger partial charge in [0.15, 0.2) is 0 Å². The van der Waals surface area contributed by atoms with Crippen molar-refractivity contribution in [3.05, 3.63) is 65.6 Å². The van der Waals surface area contributed by atoms with Crippen molar-refractivity contribution in [2.24, 2.45) is 0 Å². The number of carbonyl (C=O) groups is 1. The van der Waals surface area contributed by atoms with Gasteiger partial charge in [0, 0.05) is 49.4 Å².